The first-order valence-electron chi connectivity index (χ1n) is 8.20. The van der Waals surface area contributed by atoms with E-state index in [2.05, 4.69) is 10.0 Å². The number of carbonyl (C=O) groups is 1. The van der Waals surface area contributed by atoms with Crippen molar-refractivity contribution in [2.45, 2.75) is 31.0 Å². The average molecular weight is 416 g/mol. The number of rotatable bonds is 7. The number of hydrogen-bond acceptors (Lipinski definition) is 4. The molecule has 10 heteroatoms. The summed E-state index contributed by atoms with van der Waals surface area (Å²) in [6, 6.07) is 9.38. The van der Waals surface area contributed by atoms with Crippen LogP contribution in [0.3, 0.4) is 0 Å². The van der Waals surface area contributed by atoms with E-state index in [4.69, 9.17) is 4.74 Å². The lowest BCUT2D eigenvalue weighted by atomic mass is 10.2. The highest BCUT2D eigenvalue weighted by molar-refractivity contribution is 7.89. The van der Waals surface area contributed by atoms with Gasteiger partial charge in [0, 0.05) is 11.7 Å². The number of sulfonamides is 1. The van der Waals surface area contributed by atoms with Gasteiger partial charge in [0.25, 0.3) is 5.91 Å². The van der Waals surface area contributed by atoms with Gasteiger partial charge in [0.2, 0.25) is 10.0 Å². The molecule has 0 heterocycles. The number of ether oxygens (including phenoxy) is 1. The molecule has 0 spiro atoms. The summed E-state index contributed by atoms with van der Waals surface area (Å²) in [4.78, 5) is 11.9. The summed E-state index contributed by atoms with van der Waals surface area (Å²) in [5, 5.41) is 2.48. The summed E-state index contributed by atoms with van der Waals surface area (Å²) >= 11 is 0. The SMILES string of the molecule is CC(C)NS(=O)(=O)c1ccc(NC(=O)COc2cccc(C(F)(F)F)c2)cc1. The smallest absolute Gasteiger partial charge is 0.416 e. The summed E-state index contributed by atoms with van der Waals surface area (Å²) in [5.74, 6) is -0.695. The molecule has 2 rings (SSSR count). The number of benzene rings is 2. The normalized spacial score (nSPS) is 12.1. The van der Waals surface area contributed by atoms with Crippen LogP contribution in [0.2, 0.25) is 0 Å². The maximum absolute atomic E-state index is 12.7. The molecule has 0 unspecified atom stereocenters. The highest BCUT2D eigenvalue weighted by Crippen LogP contribution is 2.31. The second-order valence-corrected chi connectivity index (χ2v) is 7.88. The van der Waals surface area contributed by atoms with E-state index in [1.54, 1.807) is 13.8 Å². The predicted molar refractivity (Wildman–Crippen MR) is 97.5 cm³/mol. The minimum atomic E-state index is -4.51. The zero-order valence-electron chi connectivity index (χ0n) is 15.1. The molecule has 2 aromatic rings. The lowest BCUT2D eigenvalue weighted by Crippen LogP contribution is -2.30. The molecule has 6 nitrogen and oxygen atoms in total. The topological polar surface area (TPSA) is 84.5 Å². The van der Waals surface area contributed by atoms with Gasteiger partial charge in [-0.15, -0.1) is 0 Å². The third kappa shape index (κ3) is 6.24. The van der Waals surface area contributed by atoms with E-state index in [-0.39, 0.29) is 16.7 Å². The summed E-state index contributed by atoms with van der Waals surface area (Å²) < 4.78 is 69.6. The van der Waals surface area contributed by atoms with Crippen molar-refractivity contribution in [2.24, 2.45) is 0 Å². The van der Waals surface area contributed by atoms with E-state index in [9.17, 15) is 26.4 Å². The minimum Gasteiger partial charge on any atom is -0.484 e. The fourth-order valence-corrected chi connectivity index (χ4v) is 3.45. The number of carbonyl (C=O) groups excluding carboxylic acids is 1. The standard InChI is InChI=1S/C18H19F3N2O4S/c1-12(2)23-28(25,26)16-8-6-14(7-9-16)22-17(24)11-27-15-5-3-4-13(10-15)18(19,20)21/h3-10,12,23H,11H2,1-2H3,(H,22,24). The van der Waals surface area contributed by atoms with Gasteiger partial charge in [-0.2, -0.15) is 13.2 Å². The summed E-state index contributed by atoms with van der Waals surface area (Å²) in [6.45, 7) is 2.88. The van der Waals surface area contributed by atoms with Crippen LogP contribution >= 0.6 is 0 Å². The predicted octanol–water partition coefficient (Wildman–Crippen LogP) is 3.41. The molecule has 0 aliphatic heterocycles. The molecule has 28 heavy (non-hydrogen) atoms. The van der Waals surface area contributed by atoms with E-state index in [0.29, 0.717) is 5.69 Å². The number of amides is 1. The molecule has 0 aliphatic carbocycles. The van der Waals surface area contributed by atoms with Crippen molar-refractivity contribution < 1.29 is 31.1 Å². The van der Waals surface area contributed by atoms with Crippen LogP contribution in [-0.4, -0.2) is 27.0 Å². The van der Waals surface area contributed by atoms with Gasteiger partial charge in [-0.25, -0.2) is 13.1 Å². The molecule has 0 aromatic heterocycles. The molecule has 0 bridgehead atoms. The molecule has 2 N–H and O–H groups in total. The van der Waals surface area contributed by atoms with E-state index < -0.39 is 34.3 Å². The maximum atomic E-state index is 12.7. The number of alkyl halides is 3. The fourth-order valence-electron chi connectivity index (χ4n) is 2.20. The third-order valence-corrected chi connectivity index (χ3v) is 5.04. The van der Waals surface area contributed by atoms with E-state index >= 15 is 0 Å². The molecule has 0 radical (unpaired) electrons. The Hall–Kier alpha value is -2.59. The van der Waals surface area contributed by atoms with Gasteiger partial charge in [-0.1, -0.05) is 6.07 Å². The zero-order chi connectivity index (χ0) is 20.9. The molecule has 1 amide bonds. The molecule has 0 atom stereocenters. The molecular formula is C18H19F3N2O4S. The first kappa shape index (κ1) is 21.7. The minimum absolute atomic E-state index is 0.0411. The van der Waals surface area contributed by atoms with Crippen LogP contribution in [0.4, 0.5) is 18.9 Å². The zero-order valence-corrected chi connectivity index (χ0v) is 15.9. The van der Waals surface area contributed by atoms with Crippen molar-refractivity contribution in [3.8, 4) is 5.75 Å². The summed E-state index contributed by atoms with van der Waals surface area (Å²) in [7, 11) is -3.65. The largest absolute Gasteiger partial charge is 0.484 e. The van der Waals surface area contributed by atoms with Crippen molar-refractivity contribution in [3.63, 3.8) is 0 Å². The molecule has 0 saturated carbocycles. The van der Waals surface area contributed by atoms with Crippen LogP contribution in [0.5, 0.6) is 5.75 Å². The van der Waals surface area contributed by atoms with E-state index in [1.165, 1.54) is 36.4 Å². The van der Waals surface area contributed by atoms with Crippen LogP contribution < -0.4 is 14.8 Å². The molecule has 2 aromatic carbocycles. The highest BCUT2D eigenvalue weighted by atomic mass is 32.2. The van der Waals surface area contributed by atoms with Crippen molar-refractivity contribution in [3.05, 3.63) is 54.1 Å². The second kappa shape index (κ2) is 8.61. The molecule has 0 saturated heterocycles. The lowest BCUT2D eigenvalue weighted by Gasteiger charge is -2.11. The van der Waals surface area contributed by atoms with Gasteiger partial charge in [0.05, 0.1) is 10.5 Å². The monoisotopic (exact) mass is 416 g/mol. The van der Waals surface area contributed by atoms with Crippen molar-refractivity contribution >= 4 is 21.6 Å². The Kier molecular flexibility index (Phi) is 6.68. The molecule has 152 valence electrons. The van der Waals surface area contributed by atoms with Crippen LogP contribution in [0.25, 0.3) is 0 Å². The summed E-state index contributed by atoms with van der Waals surface area (Å²) in [5.41, 5.74) is -0.557. The van der Waals surface area contributed by atoms with Crippen molar-refractivity contribution in [2.75, 3.05) is 11.9 Å². The van der Waals surface area contributed by atoms with Crippen LogP contribution in [0.1, 0.15) is 19.4 Å². The van der Waals surface area contributed by atoms with Crippen molar-refractivity contribution in [1.29, 1.82) is 0 Å². The Bertz CT molecular complexity index is 927. The van der Waals surface area contributed by atoms with Crippen LogP contribution in [-0.2, 0) is 21.0 Å². The Balaban J connectivity index is 1.95. The maximum Gasteiger partial charge on any atom is 0.416 e. The number of hydrogen-bond donors (Lipinski definition) is 2. The Labute approximate surface area is 160 Å². The van der Waals surface area contributed by atoms with E-state index in [1.807, 2.05) is 0 Å². The van der Waals surface area contributed by atoms with Crippen molar-refractivity contribution in [1.82, 2.24) is 4.72 Å². The van der Waals surface area contributed by atoms with Crippen LogP contribution in [0, 0.1) is 0 Å². The molecular weight excluding hydrogens is 397 g/mol. The van der Waals surface area contributed by atoms with Gasteiger partial charge in [-0.05, 0) is 56.3 Å². The van der Waals surface area contributed by atoms with Gasteiger partial charge in [0.1, 0.15) is 5.75 Å². The van der Waals surface area contributed by atoms with Gasteiger partial charge < -0.3 is 10.1 Å². The number of halogens is 3. The fraction of sp³-hybridized carbons (Fsp3) is 0.278. The van der Waals surface area contributed by atoms with Gasteiger partial charge in [0.15, 0.2) is 6.61 Å². The van der Waals surface area contributed by atoms with Crippen LogP contribution in [0.15, 0.2) is 53.4 Å². The quantitative estimate of drug-likeness (QED) is 0.725. The number of nitrogens with one attached hydrogen (secondary N) is 2. The Morgan fingerprint density at radius 3 is 2.32 bits per heavy atom. The first-order chi connectivity index (χ1) is 13.0. The Morgan fingerprint density at radius 1 is 1.11 bits per heavy atom. The third-order valence-electron chi connectivity index (χ3n) is 3.37. The van der Waals surface area contributed by atoms with Gasteiger partial charge in [-0.3, -0.25) is 4.79 Å². The second-order valence-electron chi connectivity index (χ2n) is 6.16. The van der Waals surface area contributed by atoms with Gasteiger partial charge >= 0.3 is 6.18 Å². The Morgan fingerprint density at radius 2 is 1.75 bits per heavy atom. The number of anilines is 1. The molecule has 0 fully saturated rings. The lowest BCUT2D eigenvalue weighted by molar-refractivity contribution is -0.137. The molecule has 0 aliphatic rings. The highest BCUT2D eigenvalue weighted by Gasteiger charge is 2.30. The first-order valence-corrected chi connectivity index (χ1v) is 9.68. The van der Waals surface area contributed by atoms with E-state index in [0.717, 1.165) is 12.1 Å². The average Bonchev–Trinajstić information content (AvgIpc) is 2.59. The summed E-state index contributed by atoms with van der Waals surface area (Å²) in [6.07, 6.45) is -4.51.